The van der Waals surface area contributed by atoms with Gasteiger partial charge in [-0.1, -0.05) is 0 Å². The van der Waals surface area contributed by atoms with Crippen molar-refractivity contribution in [3.63, 3.8) is 0 Å². The normalized spacial score (nSPS) is 11.6. The van der Waals surface area contributed by atoms with Crippen molar-refractivity contribution in [2.24, 2.45) is 0 Å². The lowest BCUT2D eigenvalue weighted by Gasteiger charge is -2.14. The summed E-state index contributed by atoms with van der Waals surface area (Å²) in [6, 6.07) is 8.74. The molecule has 0 fully saturated rings. The molecule has 120 valence electrons. The van der Waals surface area contributed by atoms with E-state index < -0.39 is 23.6 Å². The zero-order valence-corrected chi connectivity index (χ0v) is 11.9. The molecule has 2 aromatic rings. The van der Waals surface area contributed by atoms with E-state index in [1.165, 1.54) is 18.2 Å². The summed E-state index contributed by atoms with van der Waals surface area (Å²) in [6.07, 6.45) is -1.00. The smallest absolute Gasteiger partial charge is 0.162 e. The van der Waals surface area contributed by atoms with Gasteiger partial charge in [0.05, 0.1) is 17.3 Å². The highest BCUT2D eigenvalue weighted by Crippen LogP contribution is 2.17. The molecule has 2 rings (SSSR count). The number of nitriles is 1. The van der Waals surface area contributed by atoms with Crippen LogP contribution in [0.5, 0.6) is 5.75 Å². The van der Waals surface area contributed by atoms with Gasteiger partial charge in [0.25, 0.3) is 0 Å². The fourth-order valence-corrected chi connectivity index (χ4v) is 1.77. The highest BCUT2D eigenvalue weighted by Gasteiger charge is 2.09. The first-order valence-electron chi connectivity index (χ1n) is 6.69. The Morgan fingerprint density at radius 2 is 1.87 bits per heavy atom. The van der Waals surface area contributed by atoms with Gasteiger partial charge in [-0.15, -0.1) is 0 Å². The molecule has 0 saturated heterocycles. The lowest BCUT2D eigenvalue weighted by atomic mass is 10.2. The number of halogens is 3. The highest BCUT2D eigenvalue weighted by molar-refractivity contribution is 5.48. The maximum absolute atomic E-state index is 13.6. The largest absolute Gasteiger partial charge is 0.491 e. The molecule has 0 aromatic heterocycles. The molecule has 7 heteroatoms. The van der Waals surface area contributed by atoms with Crippen molar-refractivity contribution >= 4 is 5.69 Å². The molecule has 0 bridgehead atoms. The number of ether oxygens (including phenoxy) is 1. The zero-order chi connectivity index (χ0) is 16.8. The van der Waals surface area contributed by atoms with Gasteiger partial charge < -0.3 is 15.2 Å². The summed E-state index contributed by atoms with van der Waals surface area (Å²) in [5, 5.41) is 21.1. The van der Waals surface area contributed by atoms with Crippen LogP contribution in [0.3, 0.4) is 0 Å². The first kappa shape index (κ1) is 16.6. The summed E-state index contributed by atoms with van der Waals surface area (Å²) in [7, 11) is 0. The molecule has 0 aliphatic rings. The third-order valence-electron chi connectivity index (χ3n) is 2.96. The topological polar surface area (TPSA) is 65.3 Å². The molecule has 0 saturated carbocycles. The second kappa shape index (κ2) is 7.51. The second-order valence-electron chi connectivity index (χ2n) is 4.73. The van der Waals surface area contributed by atoms with Gasteiger partial charge >= 0.3 is 0 Å². The monoisotopic (exact) mass is 322 g/mol. The third kappa shape index (κ3) is 4.63. The van der Waals surface area contributed by atoms with Gasteiger partial charge in [0, 0.05) is 12.6 Å². The van der Waals surface area contributed by atoms with Crippen LogP contribution in [0.4, 0.5) is 18.9 Å². The molecule has 0 radical (unpaired) electrons. The van der Waals surface area contributed by atoms with E-state index in [0.717, 1.165) is 18.2 Å². The van der Waals surface area contributed by atoms with Gasteiger partial charge in [0.1, 0.15) is 24.3 Å². The molecule has 0 unspecified atom stereocenters. The summed E-state index contributed by atoms with van der Waals surface area (Å²) < 4.78 is 44.5. The van der Waals surface area contributed by atoms with Crippen molar-refractivity contribution < 1.29 is 23.0 Å². The SMILES string of the molecule is N#Cc1ccc(NC[C@H](O)COc2ccc(F)c(F)c2)c(F)c1. The Morgan fingerprint density at radius 3 is 2.52 bits per heavy atom. The van der Waals surface area contributed by atoms with E-state index in [1.54, 1.807) is 0 Å². The van der Waals surface area contributed by atoms with Crippen molar-refractivity contribution in [3.05, 3.63) is 59.4 Å². The van der Waals surface area contributed by atoms with E-state index >= 15 is 0 Å². The summed E-state index contributed by atoms with van der Waals surface area (Å²) in [6.45, 7) is -0.206. The number of rotatable bonds is 6. The van der Waals surface area contributed by atoms with Gasteiger partial charge in [-0.05, 0) is 30.3 Å². The van der Waals surface area contributed by atoms with Crippen LogP contribution in [-0.2, 0) is 0 Å². The van der Waals surface area contributed by atoms with Crippen LogP contribution in [-0.4, -0.2) is 24.4 Å². The lowest BCUT2D eigenvalue weighted by Crippen LogP contribution is -2.26. The van der Waals surface area contributed by atoms with E-state index in [9.17, 15) is 18.3 Å². The van der Waals surface area contributed by atoms with Gasteiger partial charge in [-0.25, -0.2) is 13.2 Å². The molecule has 0 aliphatic heterocycles. The van der Waals surface area contributed by atoms with Crippen LogP contribution < -0.4 is 10.1 Å². The Balaban J connectivity index is 1.84. The van der Waals surface area contributed by atoms with Crippen molar-refractivity contribution in [2.45, 2.75) is 6.10 Å². The summed E-state index contributed by atoms with van der Waals surface area (Å²) in [5.74, 6) is -2.57. The number of aliphatic hydroxyl groups excluding tert-OH is 1. The number of anilines is 1. The van der Waals surface area contributed by atoms with Crippen LogP contribution in [0.25, 0.3) is 0 Å². The van der Waals surface area contributed by atoms with Crippen molar-refractivity contribution in [3.8, 4) is 11.8 Å². The Labute approximate surface area is 130 Å². The Hall–Kier alpha value is -2.72. The predicted octanol–water partition coefficient (Wildman–Crippen LogP) is 2.83. The Kier molecular flexibility index (Phi) is 5.44. The molecule has 0 spiro atoms. The van der Waals surface area contributed by atoms with Crippen LogP contribution >= 0.6 is 0 Å². The molecule has 2 N–H and O–H groups in total. The van der Waals surface area contributed by atoms with Gasteiger partial charge in [-0.3, -0.25) is 0 Å². The van der Waals surface area contributed by atoms with E-state index in [-0.39, 0.29) is 30.2 Å². The van der Waals surface area contributed by atoms with Crippen LogP contribution in [0.1, 0.15) is 5.56 Å². The number of nitrogens with one attached hydrogen (secondary N) is 1. The molecule has 2 aromatic carbocycles. The average molecular weight is 322 g/mol. The fourth-order valence-electron chi connectivity index (χ4n) is 1.77. The van der Waals surface area contributed by atoms with Crippen LogP contribution in [0.15, 0.2) is 36.4 Å². The van der Waals surface area contributed by atoms with Crippen LogP contribution in [0, 0.1) is 28.8 Å². The predicted molar refractivity (Wildman–Crippen MR) is 77.5 cm³/mol. The Bertz CT molecular complexity index is 732. The summed E-state index contributed by atoms with van der Waals surface area (Å²) in [5.41, 5.74) is 0.325. The average Bonchev–Trinajstić information content (AvgIpc) is 2.54. The maximum Gasteiger partial charge on any atom is 0.162 e. The number of nitrogens with zero attached hydrogens (tertiary/aromatic N) is 1. The maximum atomic E-state index is 13.6. The number of hydrogen-bond donors (Lipinski definition) is 2. The van der Waals surface area contributed by atoms with Gasteiger partial charge in [0.2, 0.25) is 0 Å². The molecule has 23 heavy (non-hydrogen) atoms. The molecule has 0 aliphatic carbocycles. The molecular weight excluding hydrogens is 309 g/mol. The zero-order valence-electron chi connectivity index (χ0n) is 11.9. The molecule has 1 atom stereocenters. The van der Waals surface area contributed by atoms with Crippen LogP contribution in [0.2, 0.25) is 0 Å². The molecular formula is C16H13F3N2O2. The van der Waals surface area contributed by atoms with Gasteiger partial charge in [0.15, 0.2) is 11.6 Å². The first-order chi connectivity index (χ1) is 11.0. The highest BCUT2D eigenvalue weighted by atomic mass is 19.2. The van der Waals surface area contributed by atoms with E-state index in [0.29, 0.717) is 0 Å². The molecule has 0 heterocycles. The van der Waals surface area contributed by atoms with Crippen molar-refractivity contribution in [2.75, 3.05) is 18.5 Å². The minimum atomic E-state index is -1.05. The third-order valence-corrected chi connectivity index (χ3v) is 2.96. The molecule has 4 nitrogen and oxygen atoms in total. The minimum absolute atomic E-state index is 0.0213. The molecule has 0 amide bonds. The number of benzene rings is 2. The number of hydrogen-bond acceptors (Lipinski definition) is 4. The summed E-state index contributed by atoms with van der Waals surface area (Å²) in [4.78, 5) is 0. The Morgan fingerprint density at radius 1 is 1.09 bits per heavy atom. The van der Waals surface area contributed by atoms with E-state index in [2.05, 4.69) is 5.32 Å². The summed E-state index contributed by atoms with van der Waals surface area (Å²) >= 11 is 0. The lowest BCUT2D eigenvalue weighted by molar-refractivity contribution is 0.117. The van der Waals surface area contributed by atoms with Crippen molar-refractivity contribution in [1.29, 1.82) is 5.26 Å². The quantitative estimate of drug-likeness (QED) is 0.858. The fraction of sp³-hybridized carbons (Fsp3) is 0.188. The van der Waals surface area contributed by atoms with E-state index in [4.69, 9.17) is 10.00 Å². The first-order valence-corrected chi connectivity index (χ1v) is 6.69. The standard InChI is InChI=1S/C16H13F3N2O2/c17-13-3-2-12(6-14(13)18)23-9-11(22)8-21-16-4-1-10(7-20)5-15(16)19/h1-6,11,21-22H,8-9H2/t11-/m0/s1. The van der Waals surface area contributed by atoms with Crippen molar-refractivity contribution in [1.82, 2.24) is 0 Å². The second-order valence-corrected chi connectivity index (χ2v) is 4.73. The minimum Gasteiger partial charge on any atom is -0.491 e. The van der Waals surface area contributed by atoms with Gasteiger partial charge in [-0.2, -0.15) is 5.26 Å². The number of aliphatic hydroxyl groups is 1. The van der Waals surface area contributed by atoms with E-state index in [1.807, 2.05) is 6.07 Å².